The highest BCUT2D eigenvalue weighted by molar-refractivity contribution is 5.37. The van der Waals surface area contributed by atoms with Crippen LogP contribution in [-0.4, -0.2) is 34.8 Å². The summed E-state index contributed by atoms with van der Waals surface area (Å²) < 4.78 is 3.27. The number of rotatable bonds is 1. The number of tetrazole rings is 1. The van der Waals surface area contributed by atoms with E-state index in [4.69, 9.17) is 0 Å². The van der Waals surface area contributed by atoms with Gasteiger partial charge in [-0.3, -0.25) is 4.98 Å². The van der Waals surface area contributed by atoms with Crippen LogP contribution in [0.15, 0.2) is 24.7 Å². The monoisotopic (exact) mass is 201 g/mol. The Kier molecular flexibility index (Phi) is 1.52. The average molecular weight is 201 g/mol. The first-order valence-corrected chi connectivity index (χ1v) is 4.39. The smallest absolute Gasteiger partial charge is 0.199 e. The molecule has 15 heavy (non-hydrogen) atoms. The van der Waals surface area contributed by atoms with Crippen molar-refractivity contribution in [2.24, 2.45) is 0 Å². The zero-order chi connectivity index (χ0) is 10.3. The fraction of sp³-hybridized carbons (Fsp3) is 0.125. The Balaban J connectivity index is 2.30. The molecule has 0 aliphatic heterocycles. The van der Waals surface area contributed by atoms with Gasteiger partial charge in [0.2, 0.25) is 0 Å². The molecule has 7 heteroatoms. The molecule has 74 valence electrons. The molecule has 3 rings (SSSR count). The lowest BCUT2D eigenvalue weighted by atomic mass is 10.5. The summed E-state index contributed by atoms with van der Waals surface area (Å²) in [5, 5.41) is 15.5. The summed E-state index contributed by atoms with van der Waals surface area (Å²) >= 11 is 0. The van der Waals surface area contributed by atoms with Crippen molar-refractivity contribution in [1.82, 2.24) is 34.8 Å². The van der Waals surface area contributed by atoms with Crippen LogP contribution in [0.2, 0.25) is 0 Å². The van der Waals surface area contributed by atoms with Crippen molar-refractivity contribution in [2.75, 3.05) is 0 Å². The van der Waals surface area contributed by atoms with Gasteiger partial charge in [-0.15, -0.1) is 5.10 Å². The SMILES string of the molecule is Cc1ccn(-c2cncc3nnnn23)n1. The number of hydrogen-bond donors (Lipinski definition) is 0. The van der Waals surface area contributed by atoms with Crippen LogP contribution in [0.5, 0.6) is 0 Å². The molecule has 0 atom stereocenters. The Bertz CT molecular complexity index is 608. The second kappa shape index (κ2) is 2.84. The Morgan fingerprint density at radius 2 is 2.20 bits per heavy atom. The van der Waals surface area contributed by atoms with Gasteiger partial charge in [0.05, 0.1) is 18.1 Å². The normalized spacial score (nSPS) is 11.0. The molecule has 0 amide bonds. The molecule has 0 saturated carbocycles. The lowest BCUT2D eigenvalue weighted by Crippen LogP contribution is -2.05. The van der Waals surface area contributed by atoms with Crippen molar-refractivity contribution in [1.29, 1.82) is 0 Å². The van der Waals surface area contributed by atoms with E-state index in [1.807, 2.05) is 19.2 Å². The number of nitrogens with zero attached hydrogens (tertiary/aromatic N) is 7. The molecule has 0 aliphatic carbocycles. The number of aromatic nitrogens is 7. The van der Waals surface area contributed by atoms with Gasteiger partial charge >= 0.3 is 0 Å². The fourth-order valence-electron chi connectivity index (χ4n) is 1.36. The third kappa shape index (κ3) is 1.17. The van der Waals surface area contributed by atoms with Gasteiger partial charge in [-0.2, -0.15) is 9.61 Å². The highest BCUT2D eigenvalue weighted by atomic mass is 15.5. The minimum atomic E-state index is 0.598. The molecule has 0 saturated heterocycles. The summed E-state index contributed by atoms with van der Waals surface area (Å²) in [5.41, 5.74) is 1.53. The maximum absolute atomic E-state index is 4.27. The molecular weight excluding hydrogens is 194 g/mol. The van der Waals surface area contributed by atoms with Gasteiger partial charge in [0, 0.05) is 6.20 Å². The van der Waals surface area contributed by atoms with Crippen LogP contribution in [0.3, 0.4) is 0 Å². The van der Waals surface area contributed by atoms with E-state index < -0.39 is 0 Å². The van der Waals surface area contributed by atoms with E-state index >= 15 is 0 Å². The van der Waals surface area contributed by atoms with Gasteiger partial charge in [0.1, 0.15) is 0 Å². The van der Waals surface area contributed by atoms with E-state index in [9.17, 15) is 0 Å². The standard InChI is InChI=1S/C8H7N7/c1-6-2-3-14(11-6)8-5-9-4-7-10-12-13-15(7)8/h2-5H,1H3. The van der Waals surface area contributed by atoms with Crippen molar-refractivity contribution < 1.29 is 0 Å². The Labute approximate surface area is 84.4 Å². The predicted molar refractivity (Wildman–Crippen MR) is 50.4 cm³/mol. The fourth-order valence-corrected chi connectivity index (χ4v) is 1.36. The van der Waals surface area contributed by atoms with E-state index in [1.165, 1.54) is 0 Å². The third-order valence-corrected chi connectivity index (χ3v) is 2.05. The van der Waals surface area contributed by atoms with Crippen LogP contribution < -0.4 is 0 Å². The first-order valence-electron chi connectivity index (χ1n) is 4.39. The van der Waals surface area contributed by atoms with Crippen LogP contribution >= 0.6 is 0 Å². The second-order valence-corrected chi connectivity index (χ2v) is 3.12. The molecule has 3 aromatic heterocycles. The van der Waals surface area contributed by atoms with Crippen LogP contribution in [-0.2, 0) is 0 Å². The molecule has 0 bridgehead atoms. The quantitative estimate of drug-likeness (QED) is 0.554. The number of fused-ring (bicyclic) bond motifs is 1. The highest BCUT2D eigenvalue weighted by Crippen LogP contribution is 2.06. The molecule has 0 spiro atoms. The molecule has 3 heterocycles. The Morgan fingerprint density at radius 3 is 3.00 bits per heavy atom. The van der Waals surface area contributed by atoms with Crippen LogP contribution in [0.4, 0.5) is 0 Å². The third-order valence-electron chi connectivity index (χ3n) is 2.05. The van der Waals surface area contributed by atoms with E-state index in [2.05, 4.69) is 25.6 Å². The van der Waals surface area contributed by atoms with Gasteiger partial charge in [-0.05, 0) is 23.4 Å². The Hall–Kier alpha value is -2.31. The molecule has 0 aliphatic rings. The molecule has 0 aromatic carbocycles. The van der Waals surface area contributed by atoms with Crippen LogP contribution in [0.1, 0.15) is 5.69 Å². The largest absolute Gasteiger partial charge is 0.257 e. The van der Waals surface area contributed by atoms with Crippen LogP contribution in [0, 0.1) is 6.92 Å². The number of hydrogen-bond acceptors (Lipinski definition) is 5. The molecule has 0 fully saturated rings. The van der Waals surface area contributed by atoms with E-state index in [0.29, 0.717) is 11.5 Å². The van der Waals surface area contributed by atoms with Gasteiger partial charge in [0.15, 0.2) is 11.5 Å². The topological polar surface area (TPSA) is 73.8 Å². The van der Waals surface area contributed by atoms with Gasteiger partial charge in [-0.1, -0.05) is 0 Å². The first-order chi connectivity index (χ1) is 7.34. The zero-order valence-electron chi connectivity index (χ0n) is 7.94. The average Bonchev–Trinajstić information content (AvgIpc) is 2.84. The van der Waals surface area contributed by atoms with Gasteiger partial charge < -0.3 is 0 Å². The summed E-state index contributed by atoms with van der Waals surface area (Å²) in [5.74, 6) is 0.714. The van der Waals surface area contributed by atoms with Crippen molar-refractivity contribution in [3.05, 3.63) is 30.4 Å². The van der Waals surface area contributed by atoms with Gasteiger partial charge in [0.25, 0.3) is 0 Å². The summed E-state index contributed by atoms with van der Waals surface area (Å²) in [7, 11) is 0. The first kappa shape index (κ1) is 8.04. The maximum atomic E-state index is 4.27. The molecular formula is C8H7N7. The van der Waals surface area contributed by atoms with Crippen molar-refractivity contribution in [3.63, 3.8) is 0 Å². The molecule has 3 aromatic rings. The Morgan fingerprint density at radius 1 is 1.27 bits per heavy atom. The van der Waals surface area contributed by atoms with Crippen LogP contribution in [0.25, 0.3) is 11.5 Å². The summed E-state index contributed by atoms with van der Waals surface area (Å²) in [6.45, 7) is 1.92. The van der Waals surface area contributed by atoms with E-state index in [-0.39, 0.29) is 0 Å². The van der Waals surface area contributed by atoms with Crippen molar-refractivity contribution >= 4 is 5.65 Å². The summed E-state index contributed by atoms with van der Waals surface area (Å²) in [6.07, 6.45) is 5.10. The molecule has 0 radical (unpaired) electrons. The molecule has 0 unspecified atom stereocenters. The van der Waals surface area contributed by atoms with Crippen molar-refractivity contribution in [2.45, 2.75) is 6.92 Å². The summed E-state index contributed by atoms with van der Waals surface area (Å²) in [6, 6.07) is 1.91. The lowest BCUT2D eigenvalue weighted by Gasteiger charge is -2.00. The molecule has 7 nitrogen and oxygen atoms in total. The number of aryl methyl sites for hydroxylation is 1. The van der Waals surface area contributed by atoms with E-state index in [0.717, 1.165) is 5.69 Å². The second-order valence-electron chi connectivity index (χ2n) is 3.12. The predicted octanol–water partition coefficient (Wildman–Crippen LogP) is 0.0134. The lowest BCUT2D eigenvalue weighted by molar-refractivity contribution is 0.741. The summed E-state index contributed by atoms with van der Waals surface area (Å²) in [4.78, 5) is 4.05. The highest BCUT2D eigenvalue weighted by Gasteiger charge is 2.06. The van der Waals surface area contributed by atoms with E-state index in [1.54, 1.807) is 21.6 Å². The van der Waals surface area contributed by atoms with Gasteiger partial charge in [-0.25, -0.2) is 4.68 Å². The minimum absolute atomic E-state index is 0.598. The molecule has 0 N–H and O–H groups in total. The maximum Gasteiger partial charge on any atom is 0.199 e. The zero-order valence-corrected chi connectivity index (χ0v) is 7.94. The van der Waals surface area contributed by atoms with Crippen molar-refractivity contribution in [3.8, 4) is 5.82 Å². The minimum Gasteiger partial charge on any atom is -0.257 e.